The lowest BCUT2D eigenvalue weighted by Crippen LogP contribution is -2.39. The zero-order chi connectivity index (χ0) is 15.5. The van der Waals surface area contributed by atoms with E-state index in [0.717, 1.165) is 4.47 Å². The van der Waals surface area contributed by atoms with E-state index in [-0.39, 0.29) is 0 Å². The fraction of sp³-hybridized carbons (Fsp3) is 0.133. The van der Waals surface area contributed by atoms with Crippen molar-refractivity contribution < 1.29 is 18.0 Å². The van der Waals surface area contributed by atoms with Gasteiger partial charge in [-0.1, -0.05) is 58.4 Å². The minimum atomic E-state index is -4.91. The normalized spacial score (nSPS) is 12.8. The number of hydrogen-bond donors (Lipinski definition) is 1. The summed E-state index contributed by atoms with van der Waals surface area (Å²) >= 11 is 3.27. The molecule has 0 spiro atoms. The Morgan fingerprint density at radius 3 is 2.00 bits per heavy atom. The summed E-state index contributed by atoms with van der Waals surface area (Å²) in [5.74, 6) is -1.96. The zero-order valence-corrected chi connectivity index (χ0v) is 12.3. The number of alkyl halides is 3. The zero-order valence-electron chi connectivity index (χ0n) is 10.7. The molecule has 110 valence electrons. The average Bonchev–Trinajstić information content (AvgIpc) is 2.45. The maximum atomic E-state index is 12.5. The van der Waals surface area contributed by atoms with E-state index in [1.807, 2.05) is 5.32 Å². The first-order chi connectivity index (χ1) is 9.88. The molecule has 6 heteroatoms. The van der Waals surface area contributed by atoms with E-state index in [1.54, 1.807) is 54.6 Å². The van der Waals surface area contributed by atoms with Gasteiger partial charge in [-0.3, -0.25) is 4.79 Å². The second kappa shape index (κ2) is 6.30. The molecule has 0 aliphatic rings. The summed E-state index contributed by atoms with van der Waals surface area (Å²) < 4.78 is 38.3. The lowest BCUT2D eigenvalue weighted by atomic mass is 9.99. The molecule has 2 nitrogen and oxygen atoms in total. The Labute approximate surface area is 128 Å². The highest BCUT2D eigenvalue weighted by Crippen LogP contribution is 2.25. The van der Waals surface area contributed by atoms with Crippen LogP contribution in [0.2, 0.25) is 0 Å². The van der Waals surface area contributed by atoms with Crippen LogP contribution in [0, 0.1) is 0 Å². The molecule has 0 radical (unpaired) electrons. The molecule has 0 saturated carbocycles. The molecule has 0 aliphatic heterocycles. The van der Waals surface area contributed by atoms with Crippen LogP contribution in [-0.2, 0) is 4.79 Å². The Balaban J connectivity index is 2.36. The van der Waals surface area contributed by atoms with Gasteiger partial charge in [0.15, 0.2) is 0 Å². The number of carbonyl (C=O) groups excluding carboxylic acids is 1. The van der Waals surface area contributed by atoms with Crippen molar-refractivity contribution in [1.82, 2.24) is 5.32 Å². The van der Waals surface area contributed by atoms with Crippen LogP contribution < -0.4 is 5.32 Å². The third-order valence-corrected chi connectivity index (χ3v) is 3.40. The van der Waals surface area contributed by atoms with E-state index in [4.69, 9.17) is 0 Å². The van der Waals surface area contributed by atoms with Gasteiger partial charge in [0, 0.05) is 4.47 Å². The van der Waals surface area contributed by atoms with Gasteiger partial charge in [-0.25, -0.2) is 0 Å². The van der Waals surface area contributed by atoms with E-state index in [2.05, 4.69) is 15.9 Å². The Hall–Kier alpha value is -1.82. The summed E-state index contributed by atoms with van der Waals surface area (Å²) in [4.78, 5) is 11.2. The van der Waals surface area contributed by atoms with Gasteiger partial charge in [-0.15, -0.1) is 0 Å². The first-order valence-electron chi connectivity index (χ1n) is 6.06. The van der Waals surface area contributed by atoms with Crippen LogP contribution in [0.1, 0.15) is 17.2 Å². The van der Waals surface area contributed by atoms with Crippen LogP contribution in [0.25, 0.3) is 0 Å². The molecule has 0 heterocycles. The van der Waals surface area contributed by atoms with Crippen molar-refractivity contribution in [3.05, 3.63) is 70.2 Å². The third kappa shape index (κ3) is 4.07. The number of amides is 1. The Kier molecular flexibility index (Phi) is 4.67. The van der Waals surface area contributed by atoms with Gasteiger partial charge in [0.05, 0.1) is 6.04 Å². The molecule has 0 aromatic heterocycles. The predicted molar refractivity (Wildman–Crippen MR) is 76.6 cm³/mol. The molecule has 0 fully saturated rings. The number of benzene rings is 2. The van der Waals surface area contributed by atoms with Crippen LogP contribution in [0.15, 0.2) is 59.1 Å². The van der Waals surface area contributed by atoms with Crippen molar-refractivity contribution in [3.8, 4) is 0 Å². The lowest BCUT2D eigenvalue weighted by molar-refractivity contribution is -0.174. The molecular weight excluding hydrogens is 347 g/mol. The molecule has 1 amide bonds. The molecule has 2 rings (SSSR count). The molecule has 2 aromatic rings. The van der Waals surface area contributed by atoms with E-state index in [1.165, 1.54) is 0 Å². The Bertz CT molecular complexity index is 611. The lowest BCUT2D eigenvalue weighted by Gasteiger charge is -2.20. The monoisotopic (exact) mass is 357 g/mol. The van der Waals surface area contributed by atoms with Gasteiger partial charge in [0.2, 0.25) is 0 Å². The third-order valence-electron chi connectivity index (χ3n) is 2.87. The van der Waals surface area contributed by atoms with Crippen LogP contribution in [0.5, 0.6) is 0 Å². The van der Waals surface area contributed by atoms with Crippen LogP contribution >= 0.6 is 15.9 Å². The summed E-state index contributed by atoms with van der Waals surface area (Å²) in [7, 11) is 0. The second-order valence-corrected chi connectivity index (χ2v) is 5.28. The molecule has 1 N–H and O–H groups in total. The Morgan fingerprint density at radius 2 is 1.48 bits per heavy atom. The molecule has 0 saturated heterocycles. The van der Waals surface area contributed by atoms with Crippen LogP contribution in [0.4, 0.5) is 13.2 Å². The van der Waals surface area contributed by atoms with Gasteiger partial charge in [-0.05, 0) is 23.3 Å². The van der Waals surface area contributed by atoms with Gasteiger partial charge in [0.1, 0.15) is 0 Å². The van der Waals surface area contributed by atoms with Crippen molar-refractivity contribution in [2.45, 2.75) is 12.2 Å². The summed E-state index contributed by atoms with van der Waals surface area (Å²) in [6, 6.07) is 14.4. The highest BCUT2D eigenvalue weighted by Gasteiger charge is 2.40. The maximum Gasteiger partial charge on any atom is 0.471 e. The highest BCUT2D eigenvalue weighted by molar-refractivity contribution is 9.10. The summed E-state index contributed by atoms with van der Waals surface area (Å²) in [5.41, 5.74) is 1.15. The molecule has 0 bridgehead atoms. The number of carbonyl (C=O) groups is 1. The van der Waals surface area contributed by atoms with Gasteiger partial charge < -0.3 is 5.32 Å². The topological polar surface area (TPSA) is 29.1 Å². The number of hydrogen-bond acceptors (Lipinski definition) is 1. The molecule has 0 unspecified atom stereocenters. The fourth-order valence-electron chi connectivity index (χ4n) is 1.87. The van der Waals surface area contributed by atoms with Gasteiger partial charge in [-0.2, -0.15) is 13.2 Å². The van der Waals surface area contributed by atoms with Crippen molar-refractivity contribution >= 4 is 21.8 Å². The van der Waals surface area contributed by atoms with Crippen molar-refractivity contribution in [2.24, 2.45) is 0 Å². The van der Waals surface area contributed by atoms with E-state index in [9.17, 15) is 18.0 Å². The fourth-order valence-corrected chi connectivity index (χ4v) is 2.14. The summed E-state index contributed by atoms with van der Waals surface area (Å²) in [5, 5.41) is 2.03. The van der Waals surface area contributed by atoms with E-state index in [0.29, 0.717) is 11.1 Å². The predicted octanol–water partition coefficient (Wildman–Crippen LogP) is 4.22. The average molecular weight is 358 g/mol. The van der Waals surface area contributed by atoms with Crippen molar-refractivity contribution in [1.29, 1.82) is 0 Å². The first kappa shape index (κ1) is 15.6. The number of halogens is 4. The minimum absolute atomic E-state index is 0.571. The standard InChI is InChI=1S/C15H11BrF3NO/c16-12-8-6-11(7-9-12)13(10-4-2-1-3-5-10)20-14(21)15(17,18)19/h1-9,13H,(H,20,21)/t13-/m1/s1. The van der Waals surface area contributed by atoms with Gasteiger partial charge >= 0.3 is 12.1 Å². The van der Waals surface area contributed by atoms with Crippen molar-refractivity contribution in [3.63, 3.8) is 0 Å². The molecular formula is C15H11BrF3NO. The second-order valence-electron chi connectivity index (χ2n) is 4.37. The largest absolute Gasteiger partial charge is 0.471 e. The SMILES string of the molecule is O=C(N[C@H](c1ccccc1)c1ccc(Br)cc1)C(F)(F)F. The highest BCUT2D eigenvalue weighted by atomic mass is 79.9. The summed E-state index contributed by atoms with van der Waals surface area (Å²) in [6.07, 6.45) is -4.91. The van der Waals surface area contributed by atoms with E-state index >= 15 is 0 Å². The molecule has 1 atom stereocenters. The molecule has 0 aliphatic carbocycles. The first-order valence-corrected chi connectivity index (χ1v) is 6.85. The number of nitrogens with one attached hydrogen (secondary N) is 1. The smallest absolute Gasteiger partial charge is 0.337 e. The summed E-state index contributed by atoms with van der Waals surface area (Å²) in [6.45, 7) is 0. The minimum Gasteiger partial charge on any atom is -0.337 e. The van der Waals surface area contributed by atoms with Crippen LogP contribution in [-0.4, -0.2) is 12.1 Å². The molecule has 2 aromatic carbocycles. The quantitative estimate of drug-likeness (QED) is 0.875. The maximum absolute atomic E-state index is 12.5. The Morgan fingerprint density at radius 1 is 0.952 bits per heavy atom. The van der Waals surface area contributed by atoms with Crippen molar-refractivity contribution in [2.75, 3.05) is 0 Å². The van der Waals surface area contributed by atoms with Gasteiger partial charge in [0.25, 0.3) is 0 Å². The van der Waals surface area contributed by atoms with E-state index < -0.39 is 18.1 Å². The number of rotatable bonds is 3. The van der Waals surface area contributed by atoms with Crippen LogP contribution in [0.3, 0.4) is 0 Å². The molecule has 21 heavy (non-hydrogen) atoms.